The number of halogens is 1. The molecule has 0 spiro atoms. The van der Waals surface area contributed by atoms with Crippen LogP contribution in [0.5, 0.6) is 0 Å². The molecule has 0 aliphatic rings. The van der Waals surface area contributed by atoms with Crippen molar-refractivity contribution < 1.29 is 9.53 Å². The lowest BCUT2D eigenvalue weighted by Crippen LogP contribution is -2.24. The highest BCUT2D eigenvalue weighted by atomic mass is 35.5. The van der Waals surface area contributed by atoms with E-state index in [1.165, 1.54) is 5.56 Å². The van der Waals surface area contributed by atoms with Crippen LogP contribution in [0.3, 0.4) is 0 Å². The number of ether oxygens (including phenoxy) is 1. The lowest BCUT2D eigenvalue weighted by molar-refractivity contribution is -0.143. The van der Waals surface area contributed by atoms with Crippen LogP contribution in [0.4, 0.5) is 0 Å². The van der Waals surface area contributed by atoms with Crippen LogP contribution in [0.25, 0.3) is 0 Å². The predicted octanol–water partition coefficient (Wildman–Crippen LogP) is 4.12. The van der Waals surface area contributed by atoms with E-state index in [4.69, 9.17) is 16.3 Å². The maximum atomic E-state index is 11.8. The first-order valence-corrected chi connectivity index (χ1v) is 7.75. The zero-order valence-electron chi connectivity index (χ0n) is 12.6. The van der Waals surface area contributed by atoms with Crippen molar-refractivity contribution in [3.8, 4) is 0 Å². The van der Waals surface area contributed by atoms with Crippen molar-refractivity contribution in [2.75, 3.05) is 6.61 Å². The van der Waals surface area contributed by atoms with Crippen molar-refractivity contribution in [2.24, 2.45) is 0 Å². The summed E-state index contributed by atoms with van der Waals surface area (Å²) in [6.45, 7) is 2.89. The Hall–Kier alpha value is -1.84. The van der Waals surface area contributed by atoms with Crippen LogP contribution in [-0.4, -0.2) is 12.6 Å². The van der Waals surface area contributed by atoms with Gasteiger partial charge in [0.1, 0.15) is 0 Å². The third-order valence-electron chi connectivity index (χ3n) is 3.34. The molecule has 1 unspecified atom stereocenters. The lowest BCUT2D eigenvalue weighted by Gasteiger charge is -2.19. The summed E-state index contributed by atoms with van der Waals surface area (Å²) in [5, 5.41) is 4.10. The van der Waals surface area contributed by atoms with Crippen molar-refractivity contribution in [2.45, 2.75) is 25.9 Å². The Morgan fingerprint density at radius 3 is 2.45 bits per heavy atom. The van der Waals surface area contributed by atoms with Gasteiger partial charge in [0.15, 0.2) is 0 Å². The van der Waals surface area contributed by atoms with Crippen LogP contribution in [0.15, 0.2) is 54.6 Å². The molecular formula is C18H20ClNO2. The fourth-order valence-electron chi connectivity index (χ4n) is 2.23. The lowest BCUT2D eigenvalue weighted by atomic mass is 10.0. The van der Waals surface area contributed by atoms with Crippen LogP contribution < -0.4 is 5.32 Å². The smallest absolute Gasteiger partial charge is 0.307 e. The average molecular weight is 318 g/mol. The fraction of sp³-hybridized carbons (Fsp3) is 0.278. The van der Waals surface area contributed by atoms with E-state index in [2.05, 4.69) is 17.4 Å². The molecule has 3 nitrogen and oxygen atoms in total. The van der Waals surface area contributed by atoms with Crippen molar-refractivity contribution in [1.29, 1.82) is 0 Å². The normalized spacial score (nSPS) is 11.9. The molecule has 0 aromatic heterocycles. The molecule has 2 aromatic rings. The molecule has 2 rings (SSSR count). The Morgan fingerprint density at radius 1 is 1.14 bits per heavy atom. The number of esters is 1. The Bertz CT molecular complexity index is 584. The van der Waals surface area contributed by atoms with Crippen molar-refractivity contribution in [1.82, 2.24) is 5.32 Å². The number of carbonyl (C=O) groups is 1. The van der Waals surface area contributed by atoms with Gasteiger partial charge < -0.3 is 10.1 Å². The molecular weight excluding hydrogens is 298 g/mol. The first kappa shape index (κ1) is 16.5. The number of benzene rings is 2. The summed E-state index contributed by atoms with van der Waals surface area (Å²) in [5.74, 6) is -0.206. The van der Waals surface area contributed by atoms with Crippen molar-refractivity contribution in [3.05, 3.63) is 70.7 Å². The van der Waals surface area contributed by atoms with Gasteiger partial charge in [-0.15, -0.1) is 0 Å². The number of hydrogen-bond donors (Lipinski definition) is 1. The second-order valence-electron chi connectivity index (χ2n) is 4.98. The Kier molecular flexibility index (Phi) is 6.44. The molecule has 0 bridgehead atoms. The summed E-state index contributed by atoms with van der Waals surface area (Å²) in [5.41, 5.74) is 2.19. The molecule has 0 radical (unpaired) electrons. The SMILES string of the molecule is CCOC(=O)CC(NCc1ccccc1)c1ccc(Cl)cc1. The van der Waals surface area contributed by atoms with Gasteiger partial charge in [0, 0.05) is 17.6 Å². The third kappa shape index (κ3) is 5.17. The van der Waals surface area contributed by atoms with E-state index in [9.17, 15) is 4.79 Å². The van der Waals surface area contributed by atoms with Crippen LogP contribution in [-0.2, 0) is 16.1 Å². The second-order valence-corrected chi connectivity index (χ2v) is 5.42. The average Bonchev–Trinajstić information content (AvgIpc) is 2.53. The molecule has 1 atom stereocenters. The number of hydrogen-bond acceptors (Lipinski definition) is 3. The Labute approximate surface area is 136 Å². The van der Waals surface area contributed by atoms with Crippen LogP contribution in [0.1, 0.15) is 30.5 Å². The molecule has 0 aliphatic heterocycles. The highest BCUT2D eigenvalue weighted by Gasteiger charge is 2.16. The topological polar surface area (TPSA) is 38.3 Å². The monoisotopic (exact) mass is 317 g/mol. The summed E-state index contributed by atoms with van der Waals surface area (Å²) >= 11 is 5.93. The molecule has 1 N–H and O–H groups in total. The minimum atomic E-state index is -0.206. The van der Waals surface area contributed by atoms with Gasteiger partial charge in [-0.05, 0) is 30.2 Å². The van der Waals surface area contributed by atoms with E-state index >= 15 is 0 Å². The van der Waals surface area contributed by atoms with Crippen molar-refractivity contribution in [3.63, 3.8) is 0 Å². The second kappa shape index (κ2) is 8.57. The van der Waals surface area contributed by atoms with Crippen LogP contribution in [0, 0.1) is 0 Å². The number of rotatable bonds is 7. The zero-order chi connectivity index (χ0) is 15.8. The van der Waals surface area contributed by atoms with Gasteiger partial charge in [-0.2, -0.15) is 0 Å². The van der Waals surface area contributed by atoms with Crippen LogP contribution in [0.2, 0.25) is 5.02 Å². The number of nitrogens with one attached hydrogen (secondary N) is 1. The molecule has 0 aliphatic carbocycles. The Morgan fingerprint density at radius 2 is 1.82 bits per heavy atom. The first-order chi connectivity index (χ1) is 10.7. The molecule has 4 heteroatoms. The first-order valence-electron chi connectivity index (χ1n) is 7.37. The maximum Gasteiger partial charge on any atom is 0.307 e. The molecule has 116 valence electrons. The van der Waals surface area contributed by atoms with Gasteiger partial charge in [-0.25, -0.2) is 0 Å². The van der Waals surface area contributed by atoms with Gasteiger partial charge >= 0.3 is 5.97 Å². The molecule has 22 heavy (non-hydrogen) atoms. The summed E-state index contributed by atoms with van der Waals surface area (Å²) in [6, 6.07) is 17.5. The summed E-state index contributed by atoms with van der Waals surface area (Å²) in [6.07, 6.45) is 0.294. The van der Waals surface area contributed by atoms with E-state index < -0.39 is 0 Å². The van der Waals surface area contributed by atoms with E-state index in [1.807, 2.05) is 49.4 Å². The molecule has 0 fully saturated rings. The summed E-state index contributed by atoms with van der Waals surface area (Å²) in [4.78, 5) is 11.8. The molecule has 0 heterocycles. The number of carbonyl (C=O) groups excluding carboxylic acids is 1. The zero-order valence-corrected chi connectivity index (χ0v) is 13.3. The van der Waals surface area contributed by atoms with E-state index in [1.54, 1.807) is 0 Å². The molecule has 0 saturated heterocycles. The van der Waals surface area contributed by atoms with Crippen molar-refractivity contribution >= 4 is 17.6 Å². The van der Waals surface area contributed by atoms with Gasteiger partial charge in [0.05, 0.1) is 13.0 Å². The summed E-state index contributed by atoms with van der Waals surface area (Å²) < 4.78 is 5.06. The molecule has 0 saturated carbocycles. The minimum Gasteiger partial charge on any atom is -0.466 e. The Balaban J connectivity index is 2.07. The summed E-state index contributed by atoms with van der Waals surface area (Å²) in [7, 11) is 0. The van der Waals surface area contributed by atoms with Crippen LogP contribution >= 0.6 is 11.6 Å². The largest absolute Gasteiger partial charge is 0.466 e. The minimum absolute atomic E-state index is 0.100. The van der Waals surface area contributed by atoms with E-state index in [0.717, 1.165) is 5.56 Å². The fourth-order valence-corrected chi connectivity index (χ4v) is 2.35. The third-order valence-corrected chi connectivity index (χ3v) is 3.60. The predicted molar refractivity (Wildman–Crippen MR) is 88.7 cm³/mol. The van der Waals surface area contributed by atoms with Gasteiger partial charge in [-0.1, -0.05) is 54.1 Å². The maximum absolute atomic E-state index is 11.8. The molecule has 2 aromatic carbocycles. The standard InChI is InChI=1S/C18H20ClNO2/c1-2-22-18(21)12-17(15-8-10-16(19)11-9-15)20-13-14-6-4-3-5-7-14/h3-11,17,20H,2,12-13H2,1H3. The quantitative estimate of drug-likeness (QED) is 0.780. The van der Waals surface area contributed by atoms with Gasteiger partial charge in [0.25, 0.3) is 0 Å². The highest BCUT2D eigenvalue weighted by molar-refractivity contribution is 6.30. The molecule has 0 amide bonds. The van der Waals surface area contributed by atoms with E-state index in [-0.39, 0.29) is 12.0 Å². The van der Waals surface area contributed by atoms with Gasteiger partial charge in [-0.3, -0.25) is 4.79 Å². The highest BCUT2D eigenvalue weighted by Crippen LogP contribution is 2.20. The van der Waals surface area contributed by atoms with Gasteiger partial charge in [0.2, 0.25) is 0 Å². The van der Waals surface area contributed by atoms with E-state index in [0.29, 0.717) is 24.6 Å².